The molecule has 110 valence electrons. The van der Waals surface area contributed by atoms with Crippen molar-refractivity contribution in [3.8, 4) is 0 Å². The summed E-state index contributed by atoms with van der Waals surface area (Å²) in [6.45, 7) is 0.745. The zero-order valence-corrected chi connectivity index (χ0v) is 12.4. The van der Waals surface area contributed by atoms with Gasteiger partial charge >= 0.3 is 0 Å². The van der Waals surface area contributed by atoms with Crippen molar-refractivity contribution in [1.29, 1.82) is 0 Å². The van der Waals surface area contributed by atoms with Gasteiger partial charge in [0.25, 0.3) is 5.91 Å². The Bertz CT molecular complexity index is 490. The number of hydrogen-bond donors (Lipinski definition) is 2. The molecule has 0 radical (unpaired) electrons. The van der Waals surface area contributed by atoms with Crippen LogP contribution in [0.5, 0.6) is 0 Å². The Morgan fingerprint density at radius 1 is 1.45 bits per heavy atom. The van der Waals surface area contributed by atoms with Gasteiger partial charge in [-0.15, -0.1) is 0 Å². The van der Waals surface area contributed by atoms with Gasteiger partial charge in [0, 0.05) is 33.3 Å². The summed E-state index contributed by atoms with van der Waals surface area (Å²) >= 11 is 0. The third-order valence-electron chi connectivity index (χ3n) is 4.00. The Morgan fingerprint density at radius 2 is 2.15 bits per heavy atom. The molecular formula is C15H23N3O2. The van der Waals surface area contributed by atoms with Gasteiger partial charge in [-0.25, -0.2) is 0 Å². The Hall–Kier alpha value is -1.75. The Labute approximate surface area is 120 Å². The van der Waals surface area contributed by atoms with E-state index in [1.165, 1.54) is 11.3 Å². The number of ether oxygens (including phenoxy) is 1. The molecule has 0 atom stereocenters. The number of carbonyl (C=O) groups excluding carboxylic acids is 1. The molecule has 5 heteroatoms. The summed E-state index contributed by atoms with van der Waals surface area (Å²) in [5.74, 6) is -0.0457. The van der Waals surface area contributed by atoms with Gasteiger partial charge in [0.15, 0.2) is 0 Å². The normalized spacial score (nSPS) is 16.4. The van der Waals surface area contributed by atoms with Crippen LogP contribution in [0.1, 0.15) is 29.6 Å². The maximum atomic E-state index is 11.9. The van der Waals surface area contributed by atoms with E-state index >= 15 is 0 Å². The molecule has 1 amide bonds. The Morgan fingerprint density at radius 3 is 2.60 bits per heavy atom. The minimum Gasteiger partial charge on any atom is -0.397 e. The van der Waals surface area contributed by atoms with Gasteiger partial charge in [-0.05, 0) is 37.5 Å². The van der Waals surface area contributed by atoms with Crippen LogP contribution >= 0.6 is 0 Å². The van der Waals surface area contributed by atoms with Crippen LogP contribution in [0.2, 0.25) is 0 Å². The number of methoxy groups -OCH3 is 1. The third-order valence-corrected chi connectivity index (χ3v) is 4.00. The van der Waals surface area contributed by atoms with E-state index in [9.17, 15) is 4.79 Å². The molecule has 0 saturated heterocycles. The molecule has 0 spiro atoms. The van der Waals surface area contributed by atoms with Crippen LogP contribution in [-0.2, 0) is 4.74 Å². The van der Waals surface area contributed by atoms with Crippen LogP contribution in [0.3, 0.4) is 0 Å². The molecule has 2 rings (SSSR count). The van der Waals surface area contributed by atoms with Crippen molar-refractivity contribution < 1.29 is 9.53 Å². The molecule has 5 nitrogen and oxygen atoms in total. The van der Waals surface area contributed by atoms with Gasteiger partial charge in [0.05, 0.1) is 17.0 Å². The van der Waals surface area contributed by atoms with E-state index in [4.69, 9.17) is 10.5 Å². The van der Waals surface area contributed by atoms with Crippen molar-refractivity contribution in [2.45, 2.75) is 24.9 Å². The maximum Gasteiger partial charge on any atom is 0.253 e. The number of nitrogens with two attached hydrogens (primary N) is 1. The molecule has 1 saturated carbocycles. The van der Waals surface area contributed by atoms with E-state index in [1.54, 1.807) is 33.3 Å². The van der Waals surface area contributed by atoms with Crippen molar-refractivity contribution in [1.82, 2.24) is 4.90 Å². The lowest BCUT2D eigenvalue weighted by molar-refractivity contribution is -0.0601. The molecular weight excluding hydrogens is 254 g/mol. The fourth-order valence-electron chi connectivity index (χ4n) is 2.40. The van der Waals surface area contributed by atoms with E-state index < -0.39 is 0 Å². The monoisotopic (exact) mass is 277 g/mol. The SMILES string of the molecule is COC1(CNc2ccc(C(=O)N(C)C)cc2N)CCC1. The highest BCUT2D eigenvalue weighted by molar-refractivity contribution is 5.95. The number of rotatable bonds is 5. The summed E-state index contributed by atoms with van der Waals surface area (Å²) in [7, 11) is 5.20. The number of anilines is 2. The van der Waals surface area contributed by atoms with Gasteiger partial charge in [-0.2, -0.15) is 0 Å². The van der Waals surface area contributed by atoms with Crippen molar-refractivity contribution >= 4 is 17.3 Å². The Kier molecular flexibility index (Phi) is 4.18. The number of hydrogen-bond acceptors (Lipinski definition) is 4. The molecule has 1 aliphatic rings. The molecule has 0 aromatic heterocycles. The maximum absolute atomic E-state index is 11.9. The van der Waals surface area contributed by atoms with E-state index in [0.29, 0.717) is 11.3 Å². The van der Waals surface area contributed by atoms with Crippen LogP contribution in [0, 0.1) is 0 Å². The van der Waals surface area contributed by atoms with Gasteiger partial charge in [0.1, 0.15) is 0 Å². The van der Waals surface area contributed by atoms with Crippen LogP contribution in [-0.4, -0.2) is 44.2 Å². The second-order valence-corrected chi connectivity index (χ2v) is 5.60. The molecule has 20 heavy (non-hydrogen) atoms. The van der Waals surface area contributed by atoms with Crippen molar-refractivity contribution in [2.75, 3.05) is 38.8 Å². The first-order valence-electron chi connectivity index (χ1n) is 6.88. The Balaban J connectivity index is 2.04. The lowest BCUT2D eigenvalue weighted by Crippen LogP contribution is -2.45. The van der Waals surface area contributed by atoms with Gasteiger partial charge in [-0.3, -0.25) is 4.79 Å². The van der Waals surface area contributed by atoms with Crippen LogP contribution in [0.25, 0.3) is 0 Å². The first-order valence-corrected chi connectivity index (χ1v) is 6.88. The van der Waals surface area contributed by atoms with E-state index in [2.05, 4.69) is 5.32 Å². The summed E-state index contributed by atoms with van der Waals surface area (Å²) in [6, 6.07) is 5.36. The highest BCUT2D eigenvalue weighted by atomic mass is 16.5. The first-order chi connectivity index (χ1) is 9.47. The zero-order valence-electron chi connectivity index (χ0n) is 12.4. The molecule has 0 bridgehead atoms. The summed E-state index contributed by atoms with van der Waals surface area (Å²) in [4.78, 5) is 13.4. The van der Waals surface area contributed by atoms with Crippen molar-refractivity contribution in [3.05, 3.63) is 23.8 Å². The fourth-order valence-corrected chi connectivity index (χ4v) is 2.40. The zero-order chi connectivity index (χ0) is 14.8. The summed E-state index contributed by atoms with van der Waals surface area (Å²) in [6.07, 6.45) is 3.36. The molecule has 0 aliphatic heterocycles. The molecule has 1 aliphatic carbocycles. The molecule has 3 N–H and O–H groups in total. The van der Waals surface area contributed by atoms with E-state index in [1.807, 2.05) is 6.07 Å². The van der Waals surface area contributed by atoms with E-state index in [-0.39, 0.29) is 11.5 Å². The highest BCUT2D eigenvalue weighted by Gasteiger charge is 2.36. The molecule has 0 heterocycles. The van der Waals surface area contributed by atoms with Gasteiger partial charge in [-0.1, -0.05) is 0 Å². The molecule has 0 unspecified atom stereocenters. The smallest absolute Gasteiger partial charge is 0.253 e. The largest absolute Gasteiger partial charge is 0.397 e. The summed E-state index contributed by atoms with van der Waals surface area (Å²) in [5.41, 5.74) is 8.00. The standard InChI is InChI=1S/C15H23N3O2/c1-18(2)14(19)11-5-6-13(12(16)9-11)17-10-15(20-3)7-4-8-15/h5-6,9,17H,4,7-8,10,16H2,1-3H3. The number of nitrogens with zero attached hydrogens (tertiary/aromatic N) is 1. The van der Waals surface area contributed by atoms with Gasteiger partial charge < -0.3 is 20.7 Å². The lowest BCUT2D eigenvalue weighted by atomic mass is 9.80. The predicted molar refractivity (Wildman–Crippen MR) is 81.0 cm³/mol. The molecule has 1 aromatic carbocycles. The number of nitrogens with one attached hydrogen (secondary N) is 1. The van der Waals surface area contributed by atoms with E-state index in [0.717, 1.165) is 25.1 Å². The van der Waals surface area contributed by atoms with Crippen LogP contribution in [0.4, 0.5) is 11.4 Å². The summed E-state index contributed by atoms with van der Waals surface area (Å²) < 4.78 is 5.56. The number of benzene rings is 1. The molecule has 1 aromatic rings. The van der Waals surface area contributed by atoms with Crippen LogP contribution in [0.15, 0.2) is 18.2 Å². The first kappa shape index (κ1) is 14.7. The average Bonchev–Trinajstić information content (AvgIpc) is 2.38. The lowest BCUT2D eigenvalue weighted by Gasteiger charge is -2.40. The third kappa shape index (κ3) is 2.88. The minimum atomic E-state index is -0.0510. The predicted octanol–water partition coefficient (Wildman–Crippen LogP) is 1.95. The topological polar surface area (TPSA) is 67.6 Å². The van der Waals surface area contributed by atoms with Crippen molar-refractivity contribution in [3.63, 3.8) is 0 Å². The highest BCUT2D eigenvalue weighted by Crippen LogP contribution is 2.35. The van der Waals surface area contributed by atoms with Crippen molar-refractivity contribution in [2.24, 2.45) is 0 Å². The molecule has 1 fully saturated rings. The average molecular weight is 277 g/mol. The minimum absolute atomic E-state index is 0.0457. The second-order valence-electron chi connectivity index (χ2n) is 5.60. The van der Waals surface area contributed by atoms with Crippen LogP contribution < -0.4 is 11.1 Å². The summed E-state index contributed by atoms with van der Waals surface area (Å²) in [5, 5.41) is 3.33. The quantitative estimate of drug-likeness (QED) is 0.807. The fraction of sp³-hybridized carbons (Fsp3) is 0.533. The van der Waals surface area contributed by atoms with Gasteiger partial charge in [0.2, 0.25) is 0 Å². The number of carbonyl (C=O) groups is 1. The number of amides is 1. The second kappa shape index (κ2) is 5.71. The number of nitrogen functional groups attached to an aromatic ring is 1.